The molecule has 1 saturated heterocycles. The molecular formula is C4H9NO2. The van der Waals surface area contributed by atoms with Gasteiger partial charge in [-0.05, 0) is 0 Å². The summed E-state index contributed by atoms with van der Waals surface area (Å²) in [6.45, 7) is 1.68. The number of aliphatic hydroxyl groups excluding tert-OH is 1. The zero-order chi connectivity index (χ0) is 5.11. The highest BCUT2D eigenvalue weighted by atomic mass is 16.5. The number of hydrogen-bond acceptors (Lipinski definition) is 3. The average Bonchev–Trinajstić information content (AvgIpc) is 2.14. The summed E-state index contributed by atoms with van der Waals surface area (Å²) < 4.78 is 4.94. The minimum atomic E-state index is -0.0972. The summed E-state index contributed by atoms with van der Waals surface area (Å²) in [6.07, 6.45) is -0.0972. The van der Waals surface area contributed by atoms with Crippen molar-refractivity contribution in [2.24, 2.45) is 0 Å². The molecule has 0 aliphatic carbocycles. The molecule has 7 heavy (non-hydrogen) atoms. The maximum absolute atomic E-state index is 8.38. The van der Waals surface area contributed by atoms with Gasteiger partial charge in [0.15, 0.2) is 0 Å². The van der Waals surface area contributed by atoms with Crippen LogP contribution in [0.5, 0.6) is 0 Å². The van der Waals surface area contributed by atoms with Gasteiger partial charge in [-0.3, -0.25) is 5.32 Å². The number of rotatable bonds is 1. The van der Waals surface area contributed by atoms with E-state index in [0.29, 0.717) is 0 Å². The number of nitrogens with one attached hydrogen (secondary N) is 1. The quantitative estimate of drug-likeness (QED) is 0.444. The fourth-order valence-corrected chi connectivity index (χ4v) is 0.597. The zero-order valence-electron chi connectivity index (χ0n) is 4.05. The third-order valence-electron chi connectivity index (χ3n) is 0.959. The number of hydrogen-bond donors (Lipinski definition) is 2. The molecule has 0 spiro atoms. The van der Waals surface area contributed by atoms with E-state index in [1.165, 1.54) is 0 Å². The van der Waals surface area contributed by atoms with Crippen LogP contribution in [-0.2, 0) is 4.74 Å². The van der Waals surface area contributed by atoms with Gasteiger partial charge in [0.05, 0.1) is 13.2 Å². The molecular weight excluding hydrogens is 94.0 g/mol. The van der Waals surface area contributed by atoms with Crippen LogP contribution in [0.1, 0.15) is 0 Å². The minimum Gasteiger partial charge on any atom is -0.392 e. The van der Waals surface area contributed by atoms with Crippen LogP contribution >= 0.6 is 0 Å². The van der Waals surface area contributed by atoms with E-state index in [2.05, 4.69) is 5.32 Å². The van der Waals surface area contributed by atoms with Crippen LogP contribution in [0.25, 0.3) is 0 Å². The van der Waals surface area contributed by atoms with Crippen LogP contribution in [0.4, 0.5) is 0 Å². The van der Waals surface area contributed by atoms with Crippen LogP contribution in [0.15, 0.2) is 0 Å². The van der Waals surface area contributed by atoms with Gasteiger partial charge in [-0.2, -0.15) is 0 Å². The summed E-state index contributed by atoms with van der Waals surface area (Å²) in [7, 11) is 0. The first-order chi connectivity index (χ1) is 3.43. The van der Waals surface area contributed by atoms with Crippen LogP contribution in [0.2, 0.25) is 0 Å². The molecule has 0 saturated carbocycles. The van der Waals surface area contributed by atoms with Gasteiger partial charge in [0.2, 0.25) is 0 Å². The van der Waals surface area contributed by atoms with Gasteiger partial charge in [-0.1, -0.05) is 0 Å². The Labute approximate surface area is 42.3 Å². The summed E-state index contributed by atoms with van der Waals surface area (Å²) in [5, 5.41) is 11.3. The van der Waals surface area contributed by atoms with Gasteiger partial charge < -0.3 is 9.84 Å². The summed E-state index contributed by atoms with van der Waals surface area (Å²) >= 11 is 0. The molecule has 1 aliphatic rings. The van der Waals surface area contributed by atoms with Crippen molar-refractivity contribution in [2.45, 2.75) is 6.23 Å². The first-order valence-electron chi connectivity index (χ1n) is 2.39. The molecule has 1 atom stereocenters. The highest BCUT2D eigenvalue weighted by Gasteiger charge is 2.10. The van der Waals surface area contributed by atoms with Crippen molar-refractivity contribution >= 4 is 0 Å². The molecule has 1 fully saturated rings. The lowest BCUT2D eigenvalue weighted by atomic mass is 10.6. The molecule has 1 unspecified atom stereocenters. The highest BCUT2D eigenvalue weighted by molar-refractivity contribution is 4.59. The Kier molecular flexibility index (Phi) is 1.62. The van der Waals surface area contributed by atoms with Gasteiger partial charge in [0.25, 0.3) is 0 Å². The van der Waals surface area contributed by atoms with Crippen molar-refractivity contribution in [1.29, 1.82) is 0 Å². The Hall–Kier alpha value is -0.120. The second-order valence-corrected chi connectivity index (χ2v) is 1.50. The lowest BCUT2D eigenvalue weighted by Gasteiger charge is -2.01. The van der Waals surface area contributed by atoms with E-state index in [4.69, 9.17) is 9.84 Å². The predicted molar refractivity (Wildman–Crippen MR) is 24.8 cm³/mol. The summed E-state index contributed by atoms with van der Waals surface area (Å²) in [5.74, 6) is 0. The van der Waals surface area contributed by atoms with Crippen molar-refractivity contribution in [3.8, 4) is 0 Å². The van der Waals surface area contributed by atoms with Crippen molar-refractivity contribution in [3.05, 3.63) is 0 Å². The van der Waals surface area contributed by atoms with E-state index in [1.54, 1.807) is 0 Å². The van der Waals surface area contributed by atoms with E-state index in [1.807, 2.05) is 0 Å². The second-order valence-electron chi connectivity index (χ2n) is 1.50. The van der Waals surface area contributed by atoms with Crippen molar-refractivity contribution < 1.29 is 9.84 Å². The number of ether oxygens (including phenoxy) is 1. The lowest BCUT2D eigenvalue weighted by molar-refractivity contribution is 0.0493. The van der Waals surface area contributed by atoms with Crippen molar-refractivity contribution in [3.63, 3.8) is 0 Å². The Bertz CT molecular complexity index is 51.7. The maximum Gasteiger partial charge on any atom is 0.131 e. The van der Waals surface area contributed by atoms with E-state index in [-0.39, 0.29) is 12.8 Å². The molecule has 0 bridgehead atoms. The molecule has 42 valence electrons. The molecule has 0 aromatic rings. The molecule has 0 amide bonds. The third-order valence-corrected chi connectivity index (χ3v) is 0.959. The highest BCUT2D eigenvalue weighted by Crippen LogP contribution is 1.90. The van der Waals surface area contributed by atoms with Gasteiger partial charge in [0.1, 0.15) is 6.23 Å². The zero-order valence-corrected chi connectivity index (χ0v) is 4.05. The molecule has 0 aromatic heterocycles. The average molecular weight is 103 g/mol. The molecule has 2 N–H and O–H groups in total. The third kappa shape index (κ3) is 1.12. The maximum atomic E-state index is 8.38. The van der Waals surface area contributed by atoms with E-state index < -0.39 is 0 Å². The normalized spacial score (nSPS) is 31.3. The Balaban J connectivity index is 2.14. The largest absolute Gasteiger partial charge is 0.392 e. The Morgan fingerprint density at radius 3 is 3.00 bits per heavy atom. The SMILES string of the molecule is OCC1NCCO1. The lowest BCUT2D eigenvalue weighted by Crippen LogP contribution is -2.25. The molecule has 1 heterocycles. The monoisotopic (exact) mass is 103 g/mol. The second kappa shape index (κ2) is 2.26. The van der Waals surface area contributed by atoms with Crippen LogP contribution in [-0.4, -0.2) is 31.1 Å². The molecule has 3 nitrogen and oxygen atoms in total. The van der Waals surface area contributed by atoms with Crippen molar-refractivity contribution in [2.75, 3.05) is 19.8 Å². The fourth-order valence-electron chi connectivity index (χ4n) is 0.597. The smallest absolute Gasteiger partial charge is 0.131 e. The van der Waals surface area contributed by atoms with Crippen LogP contribution in [0, 0.1) is 0 Å². The van der Waals surface area contributed by atoms with Crippen molar-refractivity contribution in [1.82, 2.24) is 5.32 Å². The summed E-state index contributed by atoms with van der Waals surface area (Å²) in [5.41, 5.74) is 0. The van der Waals surface area contributed by atoms with Gasteiger partial charge in [-0.15, -0.1) is 0 Å². The number of aliphatic hydroxyl groups is 1. The standard InChI is InChI=1S/C4H9NO2/c6-3-4-5-1-2-7-4/h4-6H,1-3H2. The van der Waals surface area contributed by atoms with Gasteiger partial charge >= 0.3 is 0 Å². The minimum absolute atomic E-state index is 0.0833. The van der Waals surface area contributed by atoms with E-state index in [9.17, 15) is 0 Å². The van der Waals surface area contributed by atoms with Crippen LogP contribution < -0.4 is 5.32 Å². The summed E-state index contributed by atoms with van der Waals surface area (Å²) in [4.78, 5) is 0. The van der Waals surface area contributed by atoms with Gasteiger partial charge in [-0.25, -0.2) is 0 Å². The molecule has 0 aromatic carbocycles. The fraction of sp³-hybridized carbons (Fsp3) is 1.00. The topological polar surface area (TPSA) is 41.5 Å². The predicted octanol–water partition coefficient (Wildman–Crippen LogP) is -1.08. The Morgan fingerprint density at radius 2 is 2.71 bits per heavy atom. The molecule has 0 radical (unpaired) electrons. The summed E-state index contributed by atoms with van der Waals surface area (Å²) in [6, 6.07) is 0. The first-order valence-corrected chi connectivity index (χ1v) is 2.39. The van der Waals surface area contributed by atoms with Crippen LogP contribution in [0.3, 0.4) is 0 Å². The molecule has 3 heteroatoms. The first kappa shape index (κ1) is 5.03. The molecule has 1 rings (SSSR count). The van der Waals surface area contributed by atoms with E-state index in [0.717, 1.165) is 13.2 Å². The van der Waals surface area contributed by atoms with Gasteiger partial charge in [0, 0.05) is 6.54 Å². The Morgan fingerprint density at radius 1 is 1.86 bits per heavy atom. The van der Waals surface area contributed by atoms with E-state index >= 15 is 0 Å². The molecule has 1 aliphatic heterocycles.